The number of rotatable bonds is 7. The number of halogens is 4. The van der Waals surface area contributed by atoms with Gasteiger partial charge < -0.3 is 15.0 Å². The molecule has 2 aromatic carbocycles. The molecule has 7 heteroatoms. The maximum atomic E-state index is 13.8. The number of aromatic nitrogens is 1. The zero-order valence-electron chi connectivity index (χ0n) is 16.5. The van der Waals surface area contributed by atoms with E-state index in [4.69, 9.17) is 4.74 Å². The molecule has 1 heterocycles. The van der Waals surface area contributed by atoms with Gasteiger partial charge in [-0.3, -0.25) is 0 Å². The Morgan fingerprint density at radius 2 is 1.79 bits per heavy atom. The van der Waals surface area contributed by atoms with Gasteiger partial charge in [-0.15, -0.1) is 0 Å². The number of hydrogen-bond acceptors (Lipinski definition) is 2. The number of ether oxygens (including phenoxy) is 1. The fourth-order valence-electron chi connectivity index (χ4n) is 3.59. The standard InChI is InChI=1S/C22H24F4N2O/c1-21(2,17-11-15(23)8-9-19(17)29-3)12-20(22(24,25)26)27-13-16-10-14-6-4-5-7-18(14)28-16/h4-11,20,27-28H,12-13H2,1-3H3. The summed E-state index contributed by atoms with van der Waals surface area (Å²) in [5.74, 6) is -0.142. The van der Waals surface area contributed by atoms with Crippen LogP contribution in [0.5, 0.6) is 5.75 Å². The molecule has 0 spiro atoms. The van der Waals surface area contributed by atoms with Gasteiger partial charge in [-0.25, -0.2) is 4.39 Å². The topological polar surface area (TPSA) is 37.0 Å². The van der Waals surface area contributed by atoms with Crippen molar-refractivity contribution in [3.63, 3.8) is 0 Å². The van der Waals surface area contributed by atoms with Crippen LogP contribution in [0.4, 0.5) is 17.6 Å². The Hall–Kier alpha value is -2.54. The van der Waals surface area contributed by atoms with E-state index in [-0.39, 0.29) is 13.0 Å². The smallest absolute Gasteiger partial charge is 0.403 e. The molecule has 0 aliphatic carbocycles. The number of H-pyrrole nitrogens is 1. The molecule has 3 nitrogen and oxygen atoms in total. The van der Waals surface area contributed by atoms with E-state index in [0.29, 0.717) is 17.0 Å². The third-order valence-electron chi connectivity index (χ3n) is 5.12. The summed E-state index contributed by atoms with van der Waals surface area (Å²) >= 11 is 0. The van der Waals surface area contributed by atoms with Crippen LogP contribution < -0.4 is 10.1 Å². The van der Waals surface area contributed by atoms with Crippen molar-refractivity contribution < 1.29 is 22.3 Å². The van der Waals surface area contributed by atoms with E-state index in [1.54, 1.807) is 13.8 Å². The minimum Gasteiger partial charge on any atom is -0.496 e. The Labute approximate surface area is 167 Å². The van der Waals surface area contributed by atoms with Gasteiger partial charge >= 0.3 is 6.18 Å². The molecular weight excluding hydrogens is 384 g/mol. The summed E-state index contributed by atoms with van der Waals surface area (Å²) in [6.07, 6.45) is -4.72. The number of nitrogens with one attached hydrogen (secondary N) is 2. The quantitative estimate of drug-likeness (QED) is 0.492. The number of fused-ring (bicyclic) bond motifs is 1. The van der Waals surface area contributed by atoms with Crippen LogP contribution in [0.1, 0.15) is 31.5 Å². The maximum absolute atomic E-state index is 13.8. The first-order valence-electron chi connectivity index (χ1n) is 9.31. The molecule has 0 saturated carbocycles. The normalized spacial score (nSPS) is 13.6. The van der Waals surface area contributed by atoms with E-state index >= 15 is 0 Å². The predicted octanol–water partition coefficient (Wildman–Crippen LogP) is 5.70. The Bertz CT molecular complexity index is 945. The maximum Gasteiger partial charge on any atom is 0.403 e. The number of aromatic amines is 1. The van der Waals surface area contributed by atoms with Crippen molar-refractivity contribution in [2.24, 2.45) is 0 Å². The molecule has 1 atom stereocenters. The molecule has 29 heavy (non-hydrogen) atoms. The van der Waals surface area contributed by atoms with E-state index in [1.807, 2.05) is 30.3 Å². The van der Waals surface area contributed by atoms with Crippen LogP contribution in [-0.4, -0.2) is 24.3 Å². The third kappa shape index (κ3) is 4.90. The Kier molecular flexibility index (Phi) is 5.89. The largest absolute Gasteiger partial charge is 0.496 e. The lowest BCUT2D eigenvalue weighted by Gasteiger charge is -2.33. The second kappa shape index (κ2) is 8.06. The summed E-state index contributed by atoms with van der Waals surface area (Å²) in [4.78, 5) is 3.12. The van der Waals surface area contributed by atoms with Crippen LogP contribution in [0.3, 0.4) is 0 Å². The molecule has 0 saturated heterocycles. The highest BCUT2D eigenvalue weighted by molar-refractivity contribution is 5.80. The first-order valence-corrected chi connectivity index (χ1v) is 9.31. The molecule has 0 aliphatic rings. The highest BCUT2D eigenvalue weighted by Gasteiger charge is 2.43. The van der Waals surface area contributed by atoms with Gasteiger partial charge in [-0.05, 0) is 47.6 Å². The van der Waals surface area contributed by atoms with Crippen molar-refractivity contribution in [3.8, 4) is 5.75 Å². The van der Waals surface area contributed by atoms with Gasteiger partial charge in [0.1, 0.15) is 17.6 Å². The molecule has 0 amide bonds. The lowest BCUT2D eigenvalue weighted by Crippen LogP contribution is -2.45. The van der Waals surface area contributed by atoms with Gasteiger partial charge in [0, 0.05) is 23.3 Å². The van der Waals surface area contributed by atoms with Crippen molar-refractivity contribution in [1.82, 2.24) is 10.3 Å². The fourth-order valence-corrected chi connectivity index (χ4v) is 3.59. The van der Waals surface area contributed by atoms with Crippen LogP contribution in [0.25, 0.3) is 10.9 Å². The van der Waals surface area contributed by atoms with Crippen LogP contribution in [0, 0.1) is 5.82 Å². The number of alkyl halides is 3. The van der Waals surface area contributed by atoms with Gasteiger partial charge in [0.05, 0.1) is 7.11 Å². The van der Waals surface area contributed by atoms with E-state index < -0.39 is 23.5 Å². The summed E-state index contributed by atoms with van der Waals surface area (Å²) in [5, 5.41) is 3.57. The molecule has 1 aromatic heterocycles. The van der Waals surface area contributed by atoms with Gasteiger partial charge in [0.2, 0.25) is 0 Å². The lowest BCUT2D eigenvalue weighted by molar-refractivity contribution is -0.160. The van der Waals surface area contributed by atoms with Crippen LogP contribution in [0.2, 0.25) is 0 Å². The minimum atomic E-state index is -4.45. The van der Waals surface area contributed by atoms with E-state index in [2.05, 4.69) is 10.3 Å². The third-order valence-corrected chi connectivity index (χ3v) is 5.12. The van der Waals surface area contributed by atoms with E-state index in [9.17, 15) is 17.6 Å². The van der Waals surface area contributed by atoms with E-state index in [0.717, 1.165) is 10.9 Å². The van der Waals surface area contributed by atoms with Crippen LogP contribution >= 0.6 is 0 Å². The van der Waals surface area contributed by atoms with Crippen molar-refractivity contribution in [2.75, 3.05) is 7.11 Å². The average molecular weight is 408 g/mol. The summed E-state index contributed by atoms with van der Waals surface area (Å²) in [7, 11) is 1.42. The predicted molar refractivity (Wildman–Crippen MR) is 106 cm³/mol. The Morgan fingerprint density at radius 1 is 1.07 bits per heavy atom. The molecule has 0 bridgehead atoms. The number of hydrogen-bond donors (Lipinski definition) is 2. The molecular formula is C22H24F4N2O. The average Bonchev–Trinajstić information content (AvgIpc) is 3.07. The molecule has 156 valence electrons. The van der Waals surface area contributed by atoms with Gasteiger partial charge in [0.15, 0.2) is 0 Å². The molecule has 0 radical (unpaired) electrons. The van der Waals surface area contributed by atoms with Gasteiger partial charge in [0.25, 0.3) is 0 Å². The zero-order valence-corrected chi connectivity index (χ0v) is 16.5. The van der Waals surface area contributed by atoms with Crippen molar-refractivity contribution in [3.05, 3.63) is 65.6 Å². The first-order chi connectivity index (χ1) is 13.6. The highest BCUT2D eigenvalue weighted by Crippen LogP contribution is 2.38. The summed E-state index contributed by atoms with van der Waals surface area (Å²) < 4.78 is 60.3. The van der Waals surface area contributed by atoms with Crippen LogP contribution in [0.15, 0.2) is 48.5 Å². The number of benzene rings is 2. The Balaban J connectivity index is 1.80. The van der Waals surface area contributed by atoms with Crippen molar-refractivity contribution in [2.45, 2.75) is 44.4 Å². The molecule has 0 fully saturated rings. The van der Waals surface area contributed by atoms with Crippen LogP contribution in [-0.2, 0) is 12.0 Å². The first kappa shape index (κ1) is 21.2. The second-order valence-electron chi connectivity index (χ2n) is 7.79. The molecule has 3 rings (SSSR count). The van der Waals surface area contributed by atoms with Crippen molar-refractivity contribution >= 4 is 10.9 Å². The minimum absolute atomic E-state index is 0.0369. The summed E-state index contributed by atoms with van der Waals surface area (Å²) in [6.45, 7) is 3.36. The summed E-state index contributed by atoms with van der Waals surface area (Å²) in [6, 6.07) is 11.5. The number of para-hydroxylation sites is 1. The SMILES string of the molecule is COc1ccc(F)cc1C(C)(C)CC(NCc1cc2ccccc2[nH]1)C(F)(F)F. The highest BCUT2D eigenvalue weighted by atomic mass is 19.4. The van der Waals surface area contributed by atoms with Crippen molar-refractivity contribution in [1.29, 1.82) is 0 Å². The molecule has 0 aliphatic heterocycles. The molecule has 3 aromatic rings. The summed E-state index contributed by atoms with van der Waals surface area (Å²) in [5.41, 5.74) is 0.974. The molecule has 1 unspecified atom stereocenters. The lowest BCUT2D eigenvalue weighted by atomic mass is 9.78. The second-order valence-corrected chi connectivity index (χ2v) is 7.79. The Morgan fingerprint density at radius 3 is 2.45 bits per heavy atom. The van der Waals surface area contributed by atoms with Gasteiger partial charge in [-0.2, -0.15) is 13.2 Å². The molecule has 2 N–H and O–H groups in total. The van der Waals surface area contributed by atoms with E-state index in [1.165, 1.54) is 25.3 Å². The van der Waals surface area contributed by atoms with Gasteiger partial charge in [-0.1, -0.05) is 32.0 Å². The zero-order chi connectivity index (χ0) is 21.2. The fraction of sp³-hybridized carbons (Fsp3) is 0.364. The number of methoxy groups -OCH3 is 1. The monoisotopic (exact) mass is 408 g/mol.